The maximum atomic E-state index is 12.6. The highest BCUT2D eigenvalue weighted by Crippen LogP contribution is 2.34. The van der Waals surface area contributed by atoms with Crippen LogP contribution >= 0.6 is 0 Å². The van der Waals surface area contributed by atoms with Gasteiger partial charge in [-0.25, -0.2) is 0 Å². The van der Waals surface area contributed by atoms with Crippen molar-refractivity contribution >= 4 is 5.91 Å². The number of aromatic nitrogens is 2. The standard InChI is InChI=1S/C24H27N3O3/c1-24(2,3)18-10-8-16(9-11-18)15-27-20(12-13-21(27)28)23-25-22(26-30-23)17-6-5-7-19(14-17)29-4/h5-11,14,20H,12-13,15H2,1-4H3. The van der Waals surface area contributed by atoms with Gasteiger partial charge in [0.1, 0.15) is 11.8 Å². The third-order valence-corrected chi connectivity index (χ3v) is 5.56. The van der Waals surface area contributed by atoms with Crippen LogP contribution in [-0.2, 0) is 16.8 Å². The van der Waals surface area contributed by atoms with Gasteiger partial charge in [0, 0.05) is 18.5 Å². The molecule has 2 heterocycles. The normalized spacial score (nSPS) is 16.9. The molecule has 1 saturated heterocycles. The molecule has 0 N–H and O–H groups in total. The van der Waals surface area contributed by atoms with Gasteiger partial charge in [-0.05, 0) is 35.1 Å². The van der Waals surface area contributed by atoms with Crippen LogP contribution in [0.1, 0.15) is 56.7 Å². The van der Waals surface area contributed by atoms with Gasteiger partial charge in [-0.2, -0.15) is 4.98 Å². The van der Waals surface area contributed by atoms with Crippen molar-refractivity contribution in [3.63, 3.8) is 0 Å². The molecule has 30 heavy (non-hydrogen) atoms. The van der Waals surface area contributed by atoms with E-state index in [1.807, 2.05) is 29.2 Å². The lowest BCUT2D eigenvalue weighted by Gasteiger charge is -2.23. The first-order valence-electron chi connectivity index (χ1n) is 10.2. The molecule has 0 aliphatic carbocycles. The van der Waals surface area contributed by atoms with Crippen molar-refractivity contribution in [2.75, 3.05) is 7.11 Å². The number of methoxy groups -OCH3 is 1. The summed E-state index contributed by atoms with van der Waals surface area (Å²) in [5.41, 5.74) is 3.29. The van der Waals surface area contributed by atoms with Crippen molar-refractivity contribution < 1.29 is 14.1 Å². The molecule has 6 nitrogen and oxygen atoms in total. The van der Waals surface area contributed by atoms with E-state index < -0.39 is 0 Å². The summed E-state index contributed by atoms with van der Waals surface area (Å²) >= 11 is 0. The predicted octanol–water partition coefficient (Wildman–Crippen LogP) is 4.91. The Morgan fingerprint density at radius 3 is 2.63 bits per heavy atom. The largest absolute Gasteiger partial charge is 0.497 e. The number of hydrogen-bond acceptors (Lipinski definition) is 5. The maximum absolute atomic E-state index is 12.6. The molecular formula is C24H27N3O3. The molecule has 1 atom stereocenters. The Morgan fingerprint density at radius 2 is 1.93 bits per heavy atom. The minimum atomic E-state index is -0.202. The third kappa shape index (κ3) is 4.08. The highest BCUT2D eigenvalue weighted by molar-refractivity contribution is 5.78. The average Bonchev–Trinajstić information content (AvgIpc) is 3.35. The molecular weight excluding hydrogens is 378 g/mol. The van der Waals surface area contributed by atoms with E-state index >= 15 is 0 Å². The molecule has 0 bridgehead atoms. The summed E-state index contributed by atoms with van der Waals surface area (Å²) in [4.78, 5) is 19.0. The van der Waals surface area contributed by atoms with Gasteiger partial charge in [0.15, 0.2) is 0 Å². The molecule has 1 aliphatic heterocycles. The minimum Gasteiger partial charge on any atom is -0.497 e. The quantitative estimate of drug-likeness (QED) is 0.603. The molecule has 4 rings (SSSR count). The van der Waals surface area contributed by atoms with Gasteiger partial charge in [0.2, 0.25) is 17.6 Å². The van der Waals surface area contributed by atoms with Crippen molar-refractivity contribution in [2.24, 2.45) is 0 Å². The van der Waals surface area contributed by atoms with Gasteiger partial charge in [0.25, 0.3) is 0 Å². The zero-order valence-electron chi connectivity index (χ0n) is 17.9. The topological polar surface area (TPSA) is 68.5 Å². The number of hydrogen-bond donors (Lipinski definition) is 0. The van der Waals surface area contributed by atoms with E-state index in [4.69, 9.17) is 9.26 Å². The van der Waals surface area contributed by atoms with Crippen LogP contribution in [0.15, 0.2) is 53.1 Å². The van der Waals surface area contributed by atoms with Crippen LogP contribution in [0.3, 0.4) is 0 Å². The van der Waals surface area contributed by atoms with Crippen molar-refractivity contribution in [1.29, 1.82) is 0 Å². The second kappa shape index (κ2) is 7.94. The molecule has 3 aromatic rings. The first kappa shape index (κ1) is 20.1. The van der Waals surface area contributed by atoms with Gasteiger partial charge in [-0.1, -0.05) is 62.3 Å². The number of ether oxygens (including phenoxy) is 1. The molecule has 0 spiro atoms. The van der Waals surface area contributed by atoms with Crippen LogP contribution in [0.25, 0.3) is 11.4 Å². The van der Waals surface area contributed by atoms with E-state index in [0.29, 0.717) is 31.1 Å². The average molecular weight is 405 g/mol. The summed E-state index contributed by atoms with van der Waals surface area (Å²) in [5, 5.41) is 4.13. The number of nitrogens with zero attached hydrogens (tertiary/aromatic N) is 3. The van der Waals surface area contributed by atoms with E-state index in [1.165, 1.54) is 5.56 Å². The van der Waals surface area contributed by atoms with E-state index in [9.17, 15) is 4.79 Å². The second-order valence-corrected chi connectivity index (χ2v) is 8.71. The zero-order valence-corrected chi connectivity index (χ0v) is 17.9. The molecule has 2 aromatic carbocycles. The van der Waals surface area contributed by atoms with Crippen LogP contribution in [-0.4, -0.2) is 28.1 Å². The second-order valence-electron chi connectivity index (χ2n) is 8.71. The van der Waals surface area contributed by atoms with Gasteiger partial charge >= 0.3 is 0 Å². The number of rotatable bonds is 5. The molecule has 1 aliphatic rings. The summed E-state index contributed by atoms with van der Waals surface area (Å²) in [6.45, 7) is 7.11. The summed E-state index contributed by atoms with van der Waals surface area (Å²) < 4.78 is 10.8. The van der Waals surface area contributed by atoms with Crippen LogP contribution < -0.4 is 4.74 Å². The Morgan fingerprint density at radius 1 is 1.17 bits per heavy atom. The Labute approximate surface area is 176 Å². The molecule has 6 heteroatoms. The Bertz CT molecular complexity index is 1030. The molecule has 1 aromatic heterocycles. The van der Waals surface area contributed by atoms with Gasteiger partial charge in [0.05, 0.1) is 7.11 Å². The van der Waals surface area contributed by atoms with E-state index in [1.54, 1.807) is 7.11 Å². The SMILES string of the molecule is COc1cccc(-c2noc(C3CCC(=O)N3Cc3ccc(C(C)(C)C)cc3)n2)c1. The molecule has 156 valence electrons. The first-order valence-corrected chi connectivity index (χ1v) is 10.2. The van der Waals surface area contributed by atoms with Gasteiger partial charge < -0.3 is 14.2 Å². The molecule has 1 fully saturated rings. The first-order chi connectivity index (χ1) is 14.3. The minimum absolute atomic E-state index is 0.102. The fourth-order valence-electron chi connectivity index (χ4n) is 3.75. The molecule has 0 radical (unpaired) electrons. The highest BCUT2D eigenvalue weighted by Gasteiger charge is 2.36. The smallest absolute Gasteiger partial charge is 0.249 e. The Balaban J connectivity index is 1.54. The number of benzene rings is 2. The lowest BCUT2D eigenvalue weighted by molar-refractivity contribution is -0.129. The number of amides is 1. The number of carbonyl (C=O) groups excluding carboxylic acids is 1. The number of likely N-dealkylation sites (tertiary alicyclic amines) is 1. The highest BCUT2D eigenvalue weighted by atomic mass is 16.5. The van der Waals surface area contributed by atoms with Crippen LogP contribution in [0.4, 0.5) is 0 Å². The van der Waals surface area contributed by atoms with Crippen molar-refractivity contribution in [2.45, 2.75) is 51.6 Å². The summed E-state index contributed by atoms with van der Waals surface area (Å²) in [5.74, 6) is 1.82. The molecule has 0 saturated carbocycles. The van der Waals surface area contributed by atoms with E-state index in [0.717, 1.165) is 16.9 Å². The van der Waals surface area contributed by atoms with Crippen molar-refractivity contribution in [3.05, 3.63) is 65.5 Å². The van der Waals surface area contributed by atoms with Crippen molar-refractivity contribution in [1.82, 2.24) is 15.0 Å². The van der Waals surface area contributed by atoms with Crippen LogP contribution in [0, 0.1) is 0 Å². The molecule has 1 amide bonds. The van der Waals surface area contributed by atoms with Gasteiger partial charge in [-0.15, -0.1) is 0 Å². The third-order valence-electron chi connectivity index (χ3n) is 5.56. The van der Waals surface area contributed by atoms with E-state index in [-0.39, 0.29) is 17.4 Å². The van der Waals surface area contributed by atoms with Gasteiger partial charge in [-0.3, -0.25) is 4.79 Å². The predicted molar refractivity (Wildman–Crippen MR) is 114 cm³/mol. The Hall–Kier alpha value is -3.15. The maximum Gasteiger partial charge on any atom is 0.249 e. The monoisotopic (exact) mass is 405 g/mol. The fourth-order valence-corrected chi connectivity index (χ4v) is 3.75. The molecule has 1 unspecified atom stereocenters. The van der Waals surface area contributed by atoms with Crippen LogP contribution in [0.2, 0.25) is 0 Å². The summed E-state index contributed by atoms with van der Waals surface area (Å²) in [7, 11) is 1.62. The lowest BCUT2D eigenvalue weighted by Crippen LogP contribution is -2.27. The van der Waals surface area contributed by atoms with E-state index in [2.05, 4.69) is 55.2 Å². The lowest BCUT2D eigenvalue weighted by atomic mass is 9.87. The van der Waals surface area contributed by atoms with Crippen molar-refractivity contribution in [3.8, 4) is 17.1 Å². The summed E-state index contributed by atoms with van der Waals surface area (Å²) in [6.07, 6.45) is 1.17. The fraction of sp³-hybridized carbons (Fsp3) is 0.375. The zero-order chi connectivity index (χ0) is 21.3. The Kier molecular flexibility index (Phi) is 5.33. The summed E-state index contributed by atoms with van der Waals surface area (Å²) in [6, 6.07) is 15.8. The number of carbonyl (C=O) groups is 1. The van der Waals surface area contributed by atoms with Crippen LogP contribution in [0.5, 0.6) is 5.75 Å².